The van der Waals surface area contributed by atoms with Crippen LogP contribution in [0.4, 0.5) is 5.69 Å². The van der Waals surface area contributed by atoms with Crippen LogP contribution in [0.15, 0.2) is 18.2 Å². The zero-order valence-corrected chi connectivity index (χ0v) is 11.4. The summed E-state index contributed by atoms with van der Waals surface area (Å²) in [6.07, 6.45) is 2.43. The second-order valence-electron chi connectivity index (χ2n) is 5.79. The van der Waals surface area contributed by atoms with Gasteiger partial charge in [0.25, 0.3) is 5.91 Å². The van der Waals surface area contributed by atoms with Gasteiger partial charge in [0.05, 0.1) is 0 Å². The highest BCUT2D eigenvalue weighted by molar-refractivity contribution is 5.96. The fourth-order valence-corrected chi connectivity index (χ4v) is 3.32. The van der Waals surface area contributed by atoms with Gasteiger partial charge in [-0.1, -0.05) is 0 Å². The minimum Gasteiger partial charge on any atom is -0.399 e. The van der Waals surface area contributed by atoms with Crippen molar-refractivity contribution in [3.63, 3.8) is 0 Å². The summed E-state index contributed by atoms with van der Waals surface area (Å²) in [6.45, 7) is 5.32. The molecule has 1 atom stereocenters. The van der Waals surface area contributed by atoms with Crippen LogP contribution in [0.2, 0.25) is 0 Å². The topological polar surface area (TPSA) is 58.4 Å². The Kier molecular flexibility index (Phi) is 3.19. The van der Waals surface area contributed by atoms with Crippen molar-refractivity contribution >= 4 is 11.6 Å². The number of hydrogen-bond acceptors (Lipinski definition) is 3. The van der Waals surface area contributed by atoms with Gasteiger partial charge in [-0.3, -0.25) is 4.79 Å². The Bertz CT molecular complexity index is 492. The highest BCUT2D eigenvalue weighted by atomic mass is 16.1. The summed E-state index contributed by atoms with van der Waals surface area (Å²) < 4.78 is 0. The Hall–Kier alpha value is -1.55. The molecule has 3 N–H and O–H groups in total. The summed E-state index contributed by atoms with van der Waals surface area (Å²) in [5.74, 6) is 0.694. The van der Waals surface area contributed by atoms with Gasteiger partial charge < -0.3 is 16.0 Å². The van der Waals surface area contributed by atoms with Crippen LogP contribution >= 0.6 is 0 Å². The van der Waals surface area contributed by atoms with Gasteiger partial charge in [0.2, 0.25) is 0 Å². The molecule has 102 valence electrons. The van der Waals surface area contributed by atoms with Crippen molar-refractivity contribution in [3.05, 3.63) is 29.3 Å². The Morgan fingerprint density at radius 3 is 2.68 bits per heavy atom. The molecule has 2 bridgehead atoms. The van der Waals surface area contributed by atoms with E-state index in [-0.39, 0.29) is 5.91 Å². The molecule has 3 saturated heterocycles. The van der Waals surface area contributed by atoms with Crippen LogP contribution in [0.5, 0.6) is 0 Å². The van der Waals surface area contributed by atoms with E-state index in [2.05, 4.69) is 10.2 Å². The maximum Gasteiger partial charge on any atom is 0.251 e. The van der Waals surface area contributed by atoms with Gasteiger partial charge >= 0.3 is 0 Å². The summed E-state index contributed by atoms with van der Waals surface area (Å²) >= 11 is 0. The Labute approximate surface area is 114 Å². The Balaban J connectivity index is 1.71. The van der Waals surface area contributed by atoms with Crippen molar-refractivity contribution in [1.29, 1.82) is 0 Å². The van der Waals surface area contributed by atoms with Crippen molar-refractivity contribution in [3.8, 4) is 0 Å². The summed E-state index contributed by atoms with van der Waals surface area (Å²) in [5, 5.41) is 3.21. The van der Waals surface area contributed by atoms with Gasteiger partial charge in [-0.2, -0.15) is 0 Å². The minimum absolute atomic E-state index is 0.0382. The molecule has 3 aliphatic heterocycles. The monoisotopic (exact) mass is 259 g/mol. The van der Waals surface area contributed by atoms with E-state index in [1.165, 1.54) is 25.9 Å². The number of amides is 1. The number of nitrogens with zero attached hydrogens (tertiary/aromatic N) is 1. The highest BCUT2D eigenvalue weighted by Gasteiger charge is 2.35. The van der Waals surface area contributed by atoms with Gasteiger partial charge in [-0.15, -0.1) is 0 Å². The van der Waals surface area contributed by atoms with E-state index in [0.29, 0.717) is 17.6 Å². The molecular weight excluding hydrogens is 238 g/mol. The summed E-state index contributed by atoms with van der Waals surface area (Å²) in [7, 11) is 0. The lowest BCUT2D eigenvalue weighted by Gasteiger charge is -2.45. The maximum atomic E-state index is 12.4. The SMILES string of the molecule is Cc1cc(N)ccc1C(=O)NC1CN2CCC1CC2. The van der Waals surface area contributed by atoms with Crippen LogP contribution < -0.4 is 11.1 Å². The molecule has 0 radical (unpaired) electrons. The average Bonchev–Trinajstić information content (AvgIpc) is 2.39. The van der Waals surface area contributed by atoms with Crippen LogP contribution in [0, 0.1) is 12.8 Å². The lowest BCUT2D eigenvalue weighted by atomic mass is 9.84. The zero-order valence-electron chi connectivity index (χ0n) is 11.4. The number of aryl methyl sites for hydroxylation is 1. The van der Waals surface area contributed by atoms with Crippen LogP contribution in [0.25, 0.3) is 0 Å². The first-order valence-corrected chi connectivity index (χ1v) is 7.03. The van der Waals surface area contributed by atoms with E-state index in [4.69, 9.17) is 5.73 Å². The summed E-state index contributed by atoms with van der Waals surface area (Å²) in [4.78, 5) is 14.8. The third-order valence-electron chi connectivity index (χ3n) is 4.47. The fourth-order valence-electron chi connectivity index (χ4n) is 3.32. The van der Waals surface area contributed by atoms with Crippen LogP contribution in [-0.4, -0.2) is 36.5 Å². The molecule has 0 aromatic heterocycles. The van der Waals surface area contributed by atoms with E-state index < -0.39 is 0 Å². The van der Waals surface area contributed by atoms with E-state index in [1.54, 1.807) is 6.07 Å². The molecule has 3 fully saturated rings. The molecule has 1 amide bonds. The molecule has 3 aliphatic rings. The number of carbonyl (C=O) groups is 1. The number of nitrogen functional groups attached to an aromatic ring is 1. The van der Waals surface area contributed by atoms with Crippen LogP contribution in [0.1, 0.15) is 28.8 Å². The van der Waals surface area contributed by atoms with E-state index >= 15 is 0 Å². The predicted octanol–water partition coefficient (Wildman–Crippen LogP) is 1.40. The largest absolute Gasteiger partial charge is 0.399 e. The van der Waals surface area contributed by atoms with E-state index in [0.717, 1.165) is 17.7 Å². The number of anilines is 1. The van der Waals surface area contributed by atoms with Crippen molar-refractivity contribution in [2.24, 2.45) is 5.92 Å². The molecule has 1 aromatic rings. The number of fused-ring (bicyclic) bond motifs is 3. The fraction of sp³-hybridized carbons (Fsp3) is 0.533. The Morgan fingerprint density at radius 1 is 1.37 bits per heavy atom. The van der Waals surface area contributed by atoms with Gasteiger partial charge in [0.15, 0.2) is 0 Å². The molecule has 4 heteroatoms. The smallest absolute Gasteiger partial charge is 0.251 e. The second kappa shape index (κ2) is 4.85. The third kappa shape index (κ3) is 2.45. The number of benzene rings is 1. The number of rotatable bonds is 2. The maximum absolute atomic E-state index is 12.4. The summed E-state index contributed by atoms with van der Waals surface area (Å²) in [5.41, 5.74) is 8.11. The molecule has 1 aromatic carbocycles. The minimum atomic E-state index is 0.0382. The lowest BCUT2D eigenvalue weighted by Crippen LogP contribution is -2.57. The van der Waals surface area contributed by atoms with Crippen molar-refractivity contribution in [2.75, 3.05) is 25.4 Å². The zero-order chi connectivity index (χ0) is 13.4. The molecule has 3 heterocycles. The highest BCUT2D eigenvalue weighted by Crippen LogP contribution is 2.27. The molecule has 4 nitrogen and oxygen atoms in total. The molecule has 1 unspecified atom stereocenters. The molecule has 0 aliphatic carbocycles. The number of nitrogens with two attached hydrogens (primary N) is 1. The third-order valence-corrected chi connectivity index (χ3v) is 4.47. The molecule has 4 rings (SSSR count). The standard InChI is InChI=1S/C15H21N3O/c1-10-8-12(16)2-3-13(10)15(19)17-14-9-18-6-4-11(14)5-7-18/h2-3,8,11,14H,4-7,9,16H2,1H3,(H,17,19). The molecule has 0 spiro atoms. The van der Waals surface area contributed by atoms with Gasteiger partial charge in [-0.05, 0) is 62.5 Å². The molecular formula is C15H21N3O. The van der Waals surface area contributed by atoms with Gasteiger partial charge in [0, 0.05) is 23.8 Å². The van der Waals surface area contributed by atoms with Gasteiger partial charge in [-0.25, -0.2) is 0 Å². The molecule has 0 saturated carbocycles. The van der Waals surface area contributed by atoms with Crippen LogP contribution in [-0.2, 0) is 0 Å². The van der Waals surface area contributed by atoms with Crippen molar-refractivity contribution in [1.82, 2.24) is 10.2 Å². The van der Waals surface area contributed by atoms with E-state index in [1.807, 2.05) is 19.1 Å². The van der Waals surface area contributed by atoms with Crippen molar-refractivity contribution < 1.29 is 4.79 Å². The predicted molar refractivity (Wildman–Crippen MR) is 76.0 cm³/mol. The quantitative estimate of drug-likeness (QED) is 0.789. The first-order chi connectivity index (χ1) is 9.13. The first kappa shape index (κ1) is 12.5. The lowest BCUT2D eigenvalue weighted by molar-refractivity contribution is 0.0620. The van der Waals surface area contributed by atoms with Crippen LogP contribution in [0.3, 0.4) is 0 Å². The normalized spacial score (nSPS) is 29.2. The Morgan fingerprint density at radius 2 is 2.11 bits per heavy atom. The number of nitrogens with one attached hydrogen (secondary N) is 1. The summed E-state index contributed by atoms with van der Waals surface area (Å²) in [6, 6.07) is 5.78. The average molecular weight is 259 g/mol. The number of carbonyl (C=O) groups excluding carboxylic acids is 1. The van der Waals surface area contributed by atoms with E-state index in [9.17, 15) is 4.79 Å². The number of hydrogen-bond donors (Lipinski definition) is 2. The molecule has 19 heavy (non-hydrogen) atoms. The van der Waals surface area contributed by atoms with Crippen molar-refractivity contribution in [2.45, 2.75) is 25.8 Å². The second-order valence-corrected chi connectivity index (χ2v) is 5.79. The van der Waals surface area contributed by atoms with Gasteiger partial charge in [0.1, 0.15) is 0 Å². The number of piperidine rings is 3. The first-order valence-electron chi connectivity index (χ1n) is 7.03.